The summed E-state index contributed by atoms with van der Waals surface area (Å²) in [6.45, 7) is 2.81. The van der Waals surface area contributed by atoms with Crippen LogP contribution in [0.3, 0.4) is 0 Å². The number of hydrogen-bond donors (Lipinski definition) is 1. The molecular weight excluding hydrogens is 321 g/mol. The average Bonchev–Trinajstić information content (AvgIpc) is 3.25. The molecule has 1 saturated heterocycles. The zero-order valence-electron chi connectivity index (χ0n) is 14.0. The summed E-state index contributed by atoms with van der Waals surface area (Å²) >= 11 is 0. The van der Waals surface area contributed by atoms with Crippen molar-refractivity contribution in [1.29, 1.82) is 0 Å². The molecule has 6 nitrogen and oxygen atoms in total. The summed E-state index contributed by atoms with van der Waals surface area (Å²) in [7, 11) is 1.99. The molecule has 0 aliphatic carbocycles. The maximum atomic E-state index is 13.5. The van der Waals surface area contributed by atoms with Gasteiger partial charge in [-0.05, 0) is 12.1 Å². The first-order chi connectivity index (χ1) is 12.2. The highest BCUT2D eigenvalue weighted by Crippen LogP contribution is 2.26. The fraction of sp³-hybridized carbons (Fsp3) is 0.333. The Balaban J connectivity index is 1.57. The lowest BCUT2D eigenvalue weighted by Crippen LogP contribution is -2.40. The number of imidazole rings is 2. The van der Waals surface area contributed by atoms with E-state index >= 15 is 0 Å². The highest BCUT2D eigenvalue weighted by molar-refractivity contribution is 5.58. The molecule has 0 spiro atoms. The number of rotatable bonds is 4. The van der Waals surface area contributed by atoms with E-state index in [1.54, 1.807) is 18.5 Å². The Bertz CT molecular complexity index is 859. The molecule has 0 unspecified atom stereocenters. The Hall–Kier alpha value is -2.51. The van der Waals surface area contributed by atoms with Crippen molar-refractivity contribution in [2.75, 3.05) is 19.8 Å². The van der Waals surface area contributed by atoms with Crippen LogP contribution in [-0.4, -0.2) is 44.2 Å². The molecule has 1 aromatic carbocycles. The van der Waals surface area contributed by atoms with Crippen LogP contribution < -0.4 is 0 Å². The van der Waals surface area contributed by atoms with Crippen LogP contribution in [-0.2, 0) is 18.3 Å². The van der Waals surface area contributed by atoms with E-state index in [0.29, 0.717) is 13.2 Å². The predicted molar refractivity (Wildman–Crippen MR) is 91.2 cm³/mol. The molecule has 1 fully saturated rings. The molecule has 7 heteroatoms. The van der Waals surface area contributed by atoms with Gasteiger partial charge in [0.2, 0.25) is 0 Å². The zero-order valence-corrected chi connectivity index (χ0v) is 14.0. The molecule has 3 heterocycles. The number of aromatic amines is 1. The van der Waals surface area contributed by atoms with Gasteiger partial charge >= 0.3 is 0 Å². The largest absolute Gasteiger partial charge is 0.378 e. The minimum Gasteiger partial charge on any atom is -0.378 e. The van der Waals surface area contributed by atoms with Gasteiger partial charge in [-0.3, -0.25) is 4.90 Å². The Morgan fingerprint density at radius 1 is 1.36 bits per heavy atom. The summed E-state index contributed by atoms with van der Waals surface area (Å²) in [6.07, 6.45) is 5.50. The van der Waals surface area contributed by atoms with Crippen LogP contribution >= 0.6 is 0 Å². The molecular formula is C18H20FN5O. The van der Waals surface area contributed by atoms with Crippen molar-refractivity contribution < 1.29 is 9.13 Å². The van der Waals surface area contributed by atoms with Crippen molar-refractivity contribution in [1.82, 2.24) is 24.4 Å². The third-order valence-corrected chi connectivity index (χ3v) is 4.55. The number of aromatic nitrogens is 4. The molecule has 4 rings (SSSR count). The van der Waals surface area contributed by atoms with Crippen molar-refractivity contribution in [2.24, 2.45) is 7.05 Å². The minimum atomic E-state index is -0.258. The molecule has 0 amide bonds. The standard InChI is InChI=1S/C18H20FN5O/c1-23-6-5-20-17(23)11-24-7-8-25-12-16(24)18-21-10-15(22-18)13-3-2-4-14(19)9-13/h2-6,9-10,16H,7-8,11-12H2,1H3,(H,21,22)/t16-/m0/s1. The number of halogens is 1. The molecule has 0 saturated carbocycles. The van der Waals surface area contributed by atoms with Gasteiger partial charge in [0.15, 0.2) is 0 Å². The Morgan fingerprint density at radius 2 is 2.28 bits per heavy atom. The molecule has 25 heavy (non-hydrogen) atoms. The Morgan fingerprint density at radius 3 is 3.08 bits per heavy atom. The topological polar surface area (TPSA) is 59.0 Å². The molecule has 3 aromatic rings. The molecule has 1 aliphatic heterocycles. The first kappa shape index (κ1) is 16.0. The van der Waals surface area contributed by atoms with Crippen LogP contribution in [0.25, 0.3) is 11.3 Å². The quantitative estimate of drug-likeness (QED) is 0.792. The van der Waals surface area contributed by atoms with E-state index in [-0.39, 0.29) is 11.9 Å². The van der Waals surface area contributed by atoms with Gasteiger partial charge in [0.25, 0.3) is 0 Å². The number of morpholine rings is 1. The van der Waals surface area contributed by atoms with Crippen LogP contribution in [0, 0.1) is 5.82 Å². The van der Waals surface area contributed by atoms with Gasteiger partial charge < -0.3 is 14.3 Å². The number of benzene rings is 1. The fourth-order valence-electron chi connectivity index (χ4n) is 3.12. The molecule has 1 aliphatic rings. The van der Waals surface area contributed by atoms with Gasteiger partial charge in [0, 0.05) is 31.5 Å². The lowest BCUT2D eigenvalue weighted by molar-refractivity contribution is -0.0170. The van der Waals surface area contributed by atoms with Gasteiger partial charge in [0.05, 0.1) is 37.7 Å². The SMILES string of the molecule is Cn1ccnc1CN1CCOC[C@H]1c1ncc(-c2cccc(F)c2)[nH]1. The van der Waals surface area contributed by atoms with Crippen LogP contribution in [0.1, 0.15) is 17.7 Å². The van der Waals surface area contributed by atoms with E-state index in [2.05, 4.69) is 19.9 Å². The molecule has 2 aromatic heterocycles. The monoisotopic (exact) mass is 341 g/mol. The second kappa shape index (κ2) is 6.78. The van der Waals surface area contributed by atoms with E-state index in [1.807, 2.05) is 23.9 Å². The number of nitrogens with zero attached hydrogens (tertiary/aromatic N) is 4. The number of hydrogen-bond acceptors (Lipinski definition) is 4. The Labute approximate surface area is 145 Å². The lowest BCUT2D eigenvalue weighted by Gasteiger charge is -2.34. The van der Waals surface area contributed by atoms with E-state index < -0.39 is 0 Å². The van der Waals surface area contributed by atoms with E-state index in [1.165, 1.54) is 12.1 Å². The number of aryl methyl sites for hydroxylation is 1. The van der Waals surface area contributed by atoms with Gasteiger partial charge in [-0.2, -0.15) is 0 Å². The normalized spacial score (nSPS) is 18.6. The molecule has 0 bridgehead atoms. The smallest absolute Gasteiger partial charge is 0.126 e. The van der Waals surface area contributed by atoms with Gasteiger partial charge in [-0.1, -0.05) is 12.1 Å². The van der Waals surface area contributed by atoms with Gasteiger partial charge in [0.1, 0.15) is 17.5 Å². The van der Waals surface area contributed by atoms with Crippen molar-refractivity contribution in [3.05, 3.63) is 60.3 Å². The first-order valence-corrected chi connectivity index (χ1v) is 8.29. The summed E-state index contributed by atoms with van der Waals surface area (Å²) in [5, 5.41) is 0. The molecule has 0 radical (unpaired) electrons. The highest BCUT2D eigenvalue weighted by atomic mass is 19.1. The highest BCUT2D eigenvalue weighted by Gasteiger charge is 2.28. The number of ether oxygens (including phenoxy) is 1. The molecule has 1 N–H and O–H groups in total. The van der Waals surface area contributed by atoms with Crippen LogP contribution in [0.2, 0.25) is 0 Å². The summed E-state index contributed by atoms with van der Waals surface area (Å²) in [6, 6.07) is 6.52. The first-order valence-electron chi connectivity index (χ1n) is 8.29. The minimum absolute atomic E-state index is 0.0211. The molecule has 130 valence electrons. The van der Waals surface area contributed by atoms with Crippen LogP contribution in [0.4, 0.5) is 4.39 Å². The van der Waals surface area contributed by atoms with Gasteiger partial charge in [-0.25, -0.2) is 14.4 Å². The predicted octanol–water partition coefficient (Wildman–Crippen LogP) is 2.52. The summed E-state index contributed by atoms with van der Waals surface area (Å²) in [5.41, 5.74) is 1.59. The second-order valence-electron chi connectivity index (χ2n) is 6.21. The average molecular weight is 341 g/mol. The number of H-pyrrole nitrogens is 1. The van der Waals surface area contributed by atoms with E-state index in [0.717, 1.165) is 36.0 Å². The van der Waals surface area contributed by atoms with E-state index in [4.69, 9.17) is 4.74 Å². The summed E-state index contributed by atoms with van der Waals surface area (Å²) in [5.74, 6) is 1.57. The van der Waals surface area contributed by atoms with Crippen molar-refractivity contribution in [3.63, 3.8) is 0 Å². The Kier molecular flexibility index (Phi) is 4.33. The van der Waals surface area contributed by atoms with Crippen molar-refractivity contribution in [2.45, 2.75) is 12.6 Å². The van der Waals surface area contributed by atoms with Crippen LogP contribution in [0.15, 0.2) is 42.9 Å². The van der Waals surface area contributed by atoms with Crippen molar-refractivity contribution in [3.8, 4) is 11.3 Å². The lowest BCUT2D eigenvalue weighted by atomic mass is 10.1. The van der Waals surface area contributed by atoms with E-state index in [9.17, 15) is 4.39 Å². The van der Waals surface area contributed by atoms with Gasteiger partial charge in [-0.15, -0.1) is 0 Å². The summed E-state index contributed by atoms with van der Waals surface area (Å²) in [4.78, 5) is 14.6. The third-order valence-electron chi connectivity index (χ3n) is 4.55. The zero-order chi connectivity index (χ0) is 17.2. The summed E-state index contributed by atoms with van der Waals surface area (Å²) < 4.78 is 21.1. The second-order valence-corrected chi connectivity index (χ2v) is 6.21. The number of nitrogens with one attached hydrogen (secondary N) is 1. The third kappa shape index (κ3) is 3.33. The maximum absolute atomic E-state index is 13.5. The maximum Gasteiger partial charge on any atom is 0.126 e. The molecule has 1 atom stereocenters. The fourth-order valence-corrected chi connectivity index (χ4v) is 3.12. The van der Waals surface area contributed by atoms with Crippen LogP contribution in [0.5, 0.6) is 0 Å². The van der Waals surface area contributed by atoms with Crippen molar-refractivity contribution >= 4 is 0 Å².